The molecule has 0 aromatic rings. The molecular weight excluding hydrogens is 357 g/mol. The van der Waals surface area contributed by atoms with Crippen molar-refractivity contribution in [2.45, 2.75) is 0 Å². The van der Waals surface area contributed by atoms with E-state index in [1.54, 1.807) is 22.6 Å². The Morgan fingerprint density at radius 2 is 1.36 bits per heavy atom. The smallest absolute Gasteiger partial charge is 0.478 e. The van der Waals surface area contributed by atoms with E-state index in [9.17, 15) is 13.9 Å². The van der Waals surface area contributed by atoms with Gasteiger partial charge in [-0.3, -0.25) is 4.79 Å². The van der Waals surface area contributed by atoms with Crippen molar-refractivity contribution in [3.8, 4) is 0 Å². The molecule has 0 atom stereocenters. The minimum absolute atomic E-state index is 0.192. The number of alkyl halides is 1. The zero-order chi connectivity index (χ0) is 12.0. The molecule has 0 saturated heterocycles. The second kappa shape index (κ2) is 6.85. The highest BCUT2D eigenvalue weighted by Crippen LogP contribution is 2.53. The number of hydrogen-bond acceptors (Lipinski definition) is 4. The summed E-state index contributed by atoms with van der Waals surface area (Å²) >= 11 is 1.78. The second-order valence-electron chi connectivity index (χ2n) is 1.59. The summed E-state index contributed by atoms with van der Waals surface area (Å²) in [5, 5.41) is 7.71. The average molecular weight is 364 g/mol. The van der Waals surface area contributed by atoms with Crippen LogP contribution < -0.4 is 0 Å². The number of hydrogen-bond donors (Lipinski definition) is 5. The molecular formula is C2H7IO9P2. The van der Waals surface area contributed by atoms with Gasteiger partial charge in [-0.05, 0) is 0 Å². The SMILES string of the molecule is O=C(O)CI.O=P(O)(O)OP(=O)(O)O. The third-order valence-electron chi connectivity index (χ3n) is 0.327. The lowest BCUT2D eigenvalue weighted by atomic mass is 10.9. The molecule has 14 heavy (non-hydrogen) atoms. The van der Waals surface area contributed by atoms with Crippen LogP contribution in [-0.4, -0.2) is 35.1 Å². The van der Waals surface area contributed by atoms with Gasteiger partial charge in [0.15, 0.2) is 0 Å². The topological polar surface area (TPSA) is 162 Å². The molecule has 0 spiro atoms. The lowest BCUT2D eigenvalue weighted by molar-refractivity contribution is -0.133. The molecule has 0 amide bonds. The maximum absolute atomic E-state index is 9.63. The molecule has 9 nitrogen and oxygen atoms in total. The van der Waals surface area contributed by atoms with Crippen molar-refractivity contribution in [1.82, 2.24) is 0 Å². The number of rotatable bonds is 3. The molecule has 0 saturated carbocycles. The second-order valence-corrected chi connectivity index (χ2v) is 4.97. The average Bonchev–Trinajstić information content (AvgIpc) is 1.80. The fourth-order valence-electron chi connectivity index (χ4n) is 0.139. The van der Waals surface area contributed by atoms with Crippen molar-refractivity contribution in [3.05, 3.63) is 0 Å². The van der Waals surface area contributed by atoms with E-state index in [1.165, 1.54) is 0 Å². The quantitative estimate of drug-likeness (QED) is 0.257. The van der Waals surface area contributed by atoms with Crippen LogP contribution in [0.2, 0.25) is 0 Å². The number of carbonyl (C=O) groups is 1. The van der Waals surface area contributed by atoms with E-state index in [1.807, 2.05) is 0 Å². The van der Waals surface area contributed by atoms with Gasteiger partial charge in [-0.15, -0.1) is 0 Å². The minimum Gasteiger partial charge on any atom is -0.481 e. The summed E-state index contributed by atoms with van der Waals surface area (Å²) in [6.07, 6.45) is 0. The van der Waals surface area contributed by atoms with Crippen molar-refractivity contribution in [1.29, 1.82) is 0 Å². The normalized spacial score (nSPS) is 11.5. The van der Waals surface area contributed by atoms with Gasteiger partial charge in [0.2, 0.25) is 0 Å². The van der Waals surface area contributed by atoms with Crippen LogP contribution in [0, 0.1) is 0 Å². The van der Waals surface area contributed by atoms with Gasteiger partial charge < -0.3 is 24.7 Å². The summed E-state index contributed by atoms with van der Waals surface area (Å²) in [6, 6.07) is 0. The molecule has 86 valence electrons. The summed E-state index contributed by atoms with van der Waals surface area (Å²) in [5.41, 5.74) is 0. The monoisotopic (exact) mass is 364 g/mol. The van der Waals surface area contributed by atoms with Gasteiger partial charge >= 0.3 is 21.6 Å². The fraction of sp³-hybridized carbons (Fsp3) is 0.500. The molecule has 0 aliphatic heterocycles. The van der Waals surface area contributed by atoms with Crippen LogP contribution in [0.4, 0.5) is 0 Å². The summed E-state index contributed by atoms with van der Waals surface area (Å²) in [7, 11) is -10.1. The summed E-state index contributed by atoms with van der Waals surface area (Å²) in [5.74, 6) is -0.759. The highest BCUT2D eigenvalue weighted by molar-refractivity contribution is 14.1. The van der Waals surface area contributed by atoms with Crippen LogP contribution in [0.5, 0.6) is 0 Å². The van der Waals surface area contributed by atoms with Crippen LogP contribution >= 0.6 is 38.2 Å². The summed E-state index contributed by atoms with van der Waals surface area (Å²) < 4.78 is 22.4. The third kappa shape index (κ3) is 22.9. The van der Waals surface area contributed by atoms with Crippen LogP contribution in [0.25, 0.3) is 0 Å². The van der Waals surface area contributed by atoms with Gasteiger partial charge in [0.1, 0.15) is 0 Å². The Labute approximate surface area is 91.7 Å². The number of halogens is 1. The Morgan fingerprint density at radius 3 is 1.36 bits per heavy atom. The van der Waals surface area contributed by atoms with E-state index in [0.29, 0.717) is 0 Å². The molecule has 0 aromatic carbocycles. The molecule has 0 heterocycles. The maximum atomic E-state index is 9.63. The Bertz CT molecular complexity index is 242. The Kier molecular flexibility index (Phi) is 8.26. The van der Waals surface area contributed by atoms with Crippen molar-refractivity contribution >= 4 is 44.2 Å². The first kappa shape index (κ1) is 16.9. The lowest BCUT2D eigenvalue weighted by Crippen LogP contribution is -1.91. The number of phosphoric acid groups is 2. The molecule has 0 rings (SSSR count). The predicted molar refractivity (Wildman–Crippen MR) is 51.7 cm³/mol. The lowest BCUT2D eigenvalue weighted by Gasteiger charge is -2.03. The van der Waals surface area contributed by atoms with Gasteiger partial charge in [-0.2, -0.15) is 4.31 Å². The first-order valence-corrected chi connectivity index (χ1v) is 7.17. The summed E-state index contributed by atoms with van der Waals surface area (Å²) in [4.78, 5) is 40.4. The van der Waals surface area contributed by atoms with Gasteiger partial charge in [0.25, 0.3) is 0 Å². The van der Waals surface area contributed by atoms with Crippen LogP contribution in [0.15, 0.2) is 0 Å². The molecule has 12 heteroatoms. The number of carboxylic acid groups (broad SMARTS) is 1. The van der Waals surface area contributed by atoms with E-state index in [-0.39, 0.29) is 4.43 Å². The molecule has 5 N–H and O–H groups in total. The molecule has 0 unspecified atom stereocenters. The van der Waals surface area contributed by atoms with Crippen molar-refractivity contribution < 1.29 is 42.9 Å². The minimum atomic E-state index is -5.05. The molecule has 0 aliphatic carbocycles. The number of carboxylic acids is 1. The first-order chi connectivity index (χ1) is 5.98. The molecule has 0 bridgehead atoms. The van der Waals surface area contributed by atoms with Crippen LogP contribution in [-0.2, 0) is 18.2 Å². The molecule has 0 aliphatic rings. The Balaban J connectivity index is 0. The van der Waals surface area contributed by atoms with Gasteiger partial charge in [0.05, 0.1) is 4.43 Å². The Hall–Kier alpha value is 0.460. The zero-order valence-electron chi connectivity index (χ0n) is 6.35. The third-order valence-corrected chi connectivity index (χ3v) is 2.68. The van der Waals surface area contributed by atoms with E-state index in [2.05, 4.69) is 4.31 Å². The molecule has 0 aromatic heterocycles. The Morgan fingerprint density at radius 1 is 1.14 bits per heavy atom. The largest absolute Gasteiger partial charge is 0.481 e. The van der Waals surface area contributed by atoms with E-state index >= 15 is 0 Å². The fourth-order valence-corrected chi connectivity index (χ4v) is 1.25. The van der Waals surface area contributed by atoms with Gasteiger partial charge in [-0.1, -0.05) is 22.6 Å². The molecule has 0 fully saturated rings. The van der Waals surface area contributed by atoms with Crippen molar-refractivity contribution in [2.24, 2.45) is 0 Å². The van der Waals surface area contributed by atoms with E-state index in [4.69, 9.17) is 24.7 Å². The predicted octanol–water partition coefficient (Wildman–Crippen LogP) is -0.306. The zero-order valence-corrected chi connectivity index (χ0v) is 10.3. The van der Waals surface area contributed by atoms with Crippen molar-refractivity contribution in [3.63, 3.8) is 0 Å². The standard InChI is InChI=1S/C2H3IO2.H4O7P2/c3-1-2(4)5;1-8(2,3)7-9(4,5)6/h1H2,(H,4,5);(H2,1,2,3)(H2,4,5,6). The summed E-state index contributed by atoms with van der Waals surface area (Å²) in [6.45, 7) is 0. The van der Waals surface area contributed by atoms with Gasteiger partial charge in [-0.25, -0.2) is 9.13 Å². The van der Waals surface area contributed by atoms with Gasteiger partial charge in [0, 0.05) is 0 Å². The highest BCUT2D eigenvalue weighted by atomic mass is 127. The van der Waals surface area contributed by atoms with Crippen molar-refractivity contribution in [2.75, 3.05) is 4.43 Å². The van der Waals surface area contributed by atoms with Crippen LogP contribution in [0.1, 0.15) is 0 Å². The number of aliphatic carboxylic acids is 1. The van der Waals surface area contributed by atoms with E-state index < -0.39 is 21.6 Å². The van der Waals surface area contributed by atoms with Crippen LogP contribution in [0.3, 0.4) is 0 Å². The van der Waals surface area contributed by atoms with E-state index in [0.717, 1.165) is 0 Å². The first-order valence-electron chi connectivity index (χ1n) is 2.58. The highest BCUT2D eigenvalue weighted by Gasteiger charge is 2.27. The molecule has 0 radical (unpaired) electrons. The maximum Gasteiger partial charge on any atom is 0.478 e.